The largest absolute Gasteiger partial charge is 0.476 e. The number of ether oxygens (including phenoxy) is 2. The van der Waals surface area contributed by atoms with Crippen molar-refractivity contribution in [1.29, 1.82) is 10.5 Å². The Morgan fingerprint density at radius 2 is 1.45 bits per heavy atom. The number of benzene rings is 4. The van der Waals surface area contributed by atoms with E-state index in [0.717, 1.165) is 5.56 Å². The van der Waals surface area contributed by atoms with E-state index in [1.165, 1.54) is 6.07 Å². The molecule has 0 radical (unpaired) electrons. The van der Waals surface area contributed by atoms with E-state index in [4.69, 9.17) is 55.3 Å². The lowest BCUT2D eigenvalue weighted by molar-refractivity contribution is -0.150. The first kappa shape index (κ1) is 43.5. The molecule has 56 heavy (non-hydrogen) atoms. The Morgan fingerprint density at radius 1 is 0.857 bits per heavy atom. The van der Waals surface area contributed by atoms with Crippen molar-refractivity contribution in [2.75, 3.05) is 5.73 Å². The number of esters is 1. The summed E-state index contributed by atoms with van der Waals surface area (Å²) in [7, 11) is -3.71. The number of aromatic nitrogens is 2. The lowest BCUT2D eigenvalue weighted by Gasteiger charge is -2.22. The van der Waals surface area contributed by atoms with Gasteiger partial charge in [0.05, 0.1) is 21.5 Å². The molecule has 0 spiro atoms. The molecule has 1 aromatic heterocycles. The van der Waals surface area contributed by atoms with Crippen molar-refractivity contribution in [3.05, 3.63) is 128 Å². The van der Waals surface area contributed by atoms with Gasteiger partial charge in [-0.05, 0) is 60.0 Å². The van der Waals surface area contributed by atoms with Gasteiger partial charge in [-0.2, -0.15) is 42.0 Å². The van der Waals surface area contributed by atoms with Gasteiger partial charge in [0.25, 0.3) is 0 Å². The van der Waals surface area contributed by atoms with Crippen LogP contribution in [0.1, 0.15) is 48.3 Å². The van der Waals surface area contributed by atoms with E-state index in [1.807, 2.05) is 56.3 Å². The highest BCUT2D eigenvalue weighted by atomic mass is 35.5. The molecule has 292 valence electrons. The molecule has 0 bridgehead atoms. The van der Waals surface area contributed by atoms with Gasteiger partial charge in [0, 0.05) is 10.6 Å². The molecule has 0 fully saturated rings. The zero-order valence-corrected chi connectivity index (χ0v) is 31.8. The maximum Gasteiger partial charge on any atom is 0.476 e. The molecule has 4 aromatic carbocycles. The number of carbonyl (C=O) groups excluding carboxylic acids is 1. The lowest BCUT2D eigenvalue weighted by atomic mass is 9.88. The highest BCUT2D eigenvalue weighted by Gasteiger charge is 2.43. The summed E-state index contributed by atoms with van der Waals surface area (Å²) in [6.07, 6.45) is -5.83. The SMILES string of the molecule is CC(C)[C@H](C(=O)O[C@H](C#N)c1cccc(Oc2ccccc2)c1)c1ccc(Cl)cc1.N#Cc1nn(-c2c(Cl)cc(C(F)(F)F)cc2Cl)c(N)c1S(=O)C(F)(F)F. The van der Waals surface area contributed by atoms with Crippen LogP contribution in [0.15, 0.2) is 95.9 Å². The topological polar surface area (TPSA) is 144 Å². The number of hydrogen-bond donors (Lipinski definition) is 1. The van der Waals surface area contributed by atoms with Crippen molar-refractivity contribution in [3.63, 3.8) is 0 Å². The summed E-state index contributed by atoms with van der Waals surface area (Å²) < 4.78 is 99.8. The summed E-state index contributed by atoms with van der Waals surface area (Å²) in [6, 6.07) is 27.7. The van der Waals surface area contributed by atoms with Crippen molar-refractivity contribution in [2.24, 2.45) is 5.92 Å². The number of anilines is 1. The van der Waals surface area contributed by atoms with Gasteiger partial charge in [0.1, 0.15) is 40.0 Å². The van der Waals surface area contributed by atoms with Crippen LogP contribution in [0.4, 0.5) is 32.2 Å². The van der Waals surface area contributed by atoms with Crippen LogP contribution in [-0.2, 0) is 26.5 Å². The van der Waals surface area contributed by atoms with E-state index in [9.17, 15) is 40.6 Å². The molecule has 0 aliphatic carbocycles. The van der Waals surface area contributed by atoms with Gasteiger partial charge in [-0.3, -0.25) is 4.79 Å². The molecule has 5 rings (SSSR count). The summed E-state index contributed by atoms with van der Waals surface area (Å²) in [6.45, 7) is 3.88. The number of para-hydroxylation sites is 1. The quantitative estimate of drug-likeness (QED) is 0.114. The molecule has 5 aromatic rings. The van der Waals surface area contributed by atoms with Crippen LogP contribution in [0.2, 0.25) is 15.1 Å². The Balaban J connectivity index is 0.000000251. The molecular weight excluding hydrogens is 831 g/mol. The van der Waals surface area contributed by atoms with E-state index in [2.05, 4.69) is 11.2 Å². The first-order valence-corrected chi connectivity index (χ1v) is 18.1. The third kappa shape index (κ3) is 10.5. The fraction of sp³-hybridized carbons (Fsp3) is 0.189. The molecule has 0 amide bonds. The van der Waals surface area contributed by atoms with Crippen molar-refractivity contribution >= 4 is 57.4 Å². The first-order valence-electron chi connectivity index (χ1n) is 15.8. The minimum absolute atomic E-state index is 0.00855. The van der Waals surface area contributed by atoms with Gasteiger partial charge in [-0.15, -0.1) is 0 Å². The summed E-state index contributed by atoms with van der Waals surface area (Å²) >= 11 is 17.4. The molecule has 3 atom stereocenters. The van der Waals surface area contributed by atoms with E-state index in [-0.39, 0.29) is 5.92 Å². The number of carbonyl (C=O) groups is 1. The molecule has 1 heterocycles. The molecule has 1 unspecified atom stereocenters. The third-order valence-electron chi connectivity index (χ3n) is 7.57. The van der Waals surface area contributed by atoms with Crippen LogP contribution in [0.3, 0.4) is 0 Å². The average molecular weight is 857 g/mol. The average Bonchev–Trinajstić information content (AvgIpc) is 3.45. The van der Waals surface area contributed by atoms with Gasteiger partial charge >= 0.3 is 17.7 Å². The van der Waals surface area contributed by atoms with Crippen LogP contribution in [0, 0.1) is 28.6 Å². The lowest BCUT2D eigenvalue weighted by Crippen LogP contribution is -2.22. The summed E-state index contributed by atoms with van der Waals surface area (Å²) in [5, 5.41) is 21.3. The minimum atomic E-state index is -5.25. The number of hydrogen-bond acceptors (Lipinski definition) is 8. The summed E-state index contributed by atoms with van der Waals surface area (Å²) in [5.41, 5.74) is -1.06. The zero-order chi connectivity index (χ0) is 41.5. The van der Waals surface area contributed by atoms with Crippen LogP contribution in [0.25, 0.3) is 5.69 Å². The van der Waals surface area contributed by atoms with Crippen LogP contribution < -0.4 is 10.5 Å². The van der Waals surface area contributed by atoms with E-state index >= 15 is 0 Å². The van der Waals surface area contributed by atoms with Crippen LogP contribution in [0.5, 0.6) is 11.5 Å². The predicted octanol–water partition coefficient (Wildman–Crippen LogP) is 11.0. The second kappa shape index (κ2) is 18.1. The molecule has 0 aliphatic heterocycles. The van der Waals surface area contributed by atoms with Gasteiger partial charge in [0.2, 0.25) is 6.10 Å². The fourth-order valence-corrected chi connectivity index (χ4v) is 6.62. The molecule has 0 saturated carbocycles. The van der Waals surface area contributed by atoms with Crippen LogP contribution >= 0.6 is 34.8 Å². The van der Waals surface area contributed by atoms with E-state index < -0.39 is 78.2 Å². The van der Waals surface area contributed by atoms with Crippen LogP contribution in [-0.4, -0.2) is 25.5 Å². The van der Waals surface area contributed by atoms with Crippen molar-refractivity contribution in [1.82, 2.24) is 9.78 Å². The highest BCUT2D eigenvalue weighted by molar-refractivity contribution is 7.86. The number of nitrogens with zero attached hydrogens (tertiary/aromatic N) is 4. The van der Waals surface area contributed by atoms with Gasteiger partial charge in [-0.1, -0.05) is 91.1 Å². The number of nitrogen functional groups attached to an aromatic ring is 1. The molecule has 0 aliphatic rings. The molecule has 2 N–H and O–H groups in total. The second-order valence-electron chi connectivity index (χ2n) is 11.8. The van der Waals surface area contributed by atoms with Gasteiger partial charge in [0.15, 0.2) is 16.5 Å². The fourth-order valence-electron chi connectivity index (χ4n) is 5.08. The summed E-state index contributed by atoms with van der Waals surface area (Å²) in [4.78, 5) is 11.8. The Kier molecular flexibility index (Phi) is 14.1. The number of alkyl halides is 6. The van der Waals surface area contributed by atoms with E-state index in [0.29, 0.717) is 38.9 Å². The van der Waals surface area contributed by atoms with Gasteiger partial charge < -0.3 is 15.2 Å². The van der Waals surface area contributed by atoms with Crippen molar-refractivity contribution in [3.8, 4) is 29.3 Å². The molecule has 9 nitrogen and oxygen atoms in total. The maximum absolute atomic E-state index is 13.0. The maximum atomic E-state index is 13.0. The summed E-state index contributed by atoms with van der Waals surface area (Å²) in [5.74, 6) is -0.613. The third-order valence-corrected chi connectivity index (χ3v) is 9.60. The highest BCUT2D eigenvalue weighted by Crippen LogP contribution is 2.40. The predicted molar refractivity (Wildman–Crippen MR) is 197 cm³/mol. The van der Waals surface area contributed by atoms with Crippen molar-refractivity contribution in [2.45, 2.75) is 42.4 Å². The normalized spacial score (nSPS) is 13.0. The monoisotopic (exact) mass is 855 g/mol. The van der Waals surface area contributed by atoms with Gasteiger partial charge in [-0.25, -0.2) is 8.89 Å². The Bertz CT molecular complexity index is 2290. The minimum Gasteiger partial charge on any atom is -0.457 e. The number of nitriles is 2. The molecule has 0 saturated heterocycles. The Labute approximate surface area is 333 Å². The number of rotatable bonds is 9. The Hall–Kier alpha value is -5.26. The standard InChI is InChI=1S/C25H22ClNO3.C12H4Cl2F6N4OS/c1-17(2)24(18-11-13-20(26)14-12-18)25(28)30-23(16-27)19-7-6-10-22(15-19)29-21-8-4-3-5-9-21;13-5-1-4(11(15,16)17)2-6(14)8(5)24-10(22)9(7(3-21)23-24)26(25)12(18,19)20/h3-15,17,23-24H,1-2H3;1-2H,22H2/t23-,24+;/m1./s1. The number of halogens is 9. The molecular formula is C37H26Cl3F6N5O4S. The van der Waals surface area contributed by atoms with E-state index in [1.54, 1.807) is 36.4 Å². The molecule has 19 heteroatoms. The smallest absolute Gasteiger partial charge is 0.457 e. The number of nitrogens with two attached hydrogens (primary N) is 1. The first-order chi connectivity index (χ1) is 26.3. The van der Waals surface area contributed by atoms with Crippen molar-refractivity contribution < 1.29 is 44.8 Å². The zero-order valence-electron chi connectivity index (χ0n) is 28.7. The second-order valence-corrected chi connectivity index (χ2v) is 14.5. The Morgan fingerprint density at radius 3 is 1.96 bits per heavy atom.